The highest BCUT2D eigenvalue weighted by Gasteiger charge is 2.38. The Kier molecular flexibility index (Phi) is 9.56. The maximum absolute atomic E-state index is 12.8. The van der Waals surface area contributed by atoms with Gasteiger partial charge >= 0.3 is 18.1 Å². The average molecular weight is 644 g/mol. The van der Waals surface area contributed by atoms with Gasteiger partial charge in [-0.1, -0.05) is 41.4 Å². The molecule has 0 amide bonds. The van der Waals surface area contributed by atoms with Gasteiger partial charge in [-0.15, -0.1) is 0 Å². The van der Waals surface area contributed by atoms with Crippen molar-refractivity contribution >= 4 is 67.5 Å². The maximum Gasteiger partial charge on any atom is 0.490 e. The van der Waals surface area contributed by atoms with Crippen LogP contribution in [0.5, 0.6) is 11.5 Å². The standard InChI is InChI=1S/C24H17Cl2N3O5S.C2HF3O2/c25-20-8-6-18(12-21(20)26)35(32,33)29-16-4-7-19(24(30)31)22(11-16)34-17-5-3-13-9-15(23(27)28)2-1-14(13)10-17;3-2(4,5)1(6)7/h1-12,29H,(H3,27,28)(H,30,31);(H,6,7). The molecule has 16 heteroatoms. The summed E-state index contributed by atoms with van der Waals surface area (Å²) in [7, 11) is -4.04. The lowest BCUT2D eigenvalue weighted by Crippen LogP contribution is -2.21. The zero-order valence-electron chi connectivity index (χ0n) is 20.7. The fraction of sp³-hybridized carbons (Fsp3) is 0.0385. The molecule has 4 rings (SSSR count). The third kappa shape index (κ3) is 8.02. The van der Waals surface area contributed by atoms with E-state index >= 15 is 0 Å². The van der Waals surface area contributed by atoms with Gasteiger partial charge in [0, 0.05) is 11.6 Å². The Labute approximate surface area is 245 Å². The van der Waals surface area contributed by atoms with Crippen LogP contribution in [-0.4, -0.2) is 42.6 Å². The summed E-state index contributed by atoms with van der Waals surface area (Å²) >= 11 is 11.8. The summed E-state index contributed by atoms with van der Waals surface area (Å²) in [6.07, 6.45) is -5.08. The fourth-order valence-electron chi connectivity index (χ4n) is 3.29. The number of nitrogens with one attached hydrogen (secondary N) is 2. The van der Waals surface area contributed by atoms with Crippen molar-refractivity contribution in [2.75, 3.05) is 4.72 Å². The lowest BCUT2D eigenvalue weighted by Gasteiger charge is -2.13. The van der Waals surface area contributed by atoms with Crippen molar-refractivity contribution in [1.82, 2.24) is 0 Å². The predicted octanol–water partition coefficient (Wildman–Crippen LogP) is 6.36. The number of fused-ring (bicyclic) bond motifs is 1. The number of nitrogen functional groups attached to an aromatic ring is 1. The molecule has 220 valence electrons. The molecule has 42 heavy (non-hydrogen) atoms. The largest absolute Gasteiger partial charge is 0.490 e. The van der Waals surface area contributed by atoms with Crippen LogP contribution in [0.25, 0.3) is 10.8 Å². The molecule has 10 nitrogen and oxygen atoms in total. The monoisotopic (exact) mass is 643 g/mol. The van der Waals surface area contributed by atoms with E-state index in [1.54, 1.807) is 36.4 Å². The Hall–Kier alpha value is -4.53. The highest BCUT2D eigenvalue weighted by atomic mass is 35.5. The van der Waals surface area contributed by atoms with Gasteiger partial charge in [0.2, 0.25) is 0 Å². The Bertz CT molecular complexity index is 1820. The summed E-state index contributed by atoms with van der Waals surface area (Å²) < 4.78 is 65.5. The molecule has 0 aliphatic heterocycles. The van der Waals surface area contributed by atoms with Gasteiger partial charge in [-0.3, -0.25) is 10.1 Å². The van der Waals surface area contributed by atoms with Crippen LogP contribution in [0.1, 0.15) is 15.9 Å². The molecule has 0 atom stereocenters. The second-order valence-electron chi connectivity index (χ2n) is 8.24. The van der Waals surface area contributed by atoms with Crippen molar-refractivity contribution in [1.29, 1.82) is 5.41 Å². The molecule has 4 aromatic carbocycles. The van der Waals surface area contributed by atoms with Crippen molar-refractivity contribution in [3.05, 3.63) is 94.0 Å². The number of halogens is 5. The first-order valence-corrected chi connectivity index (χ1v) is 13.4. The number of carboxylic acids is 2. The lowest BCUT2D eigenvalue weighted by molar-refractivity contribution is -0.192. The summed E-state index contributed by atoms with van der Waals surface area (Å²) in [5, 5.41) is 26.1. The SMILES string of the molecule is N=C(N)c1ccc2cc(Oc3cc(NS(=O)(=O)c4ccc(Cl)c(Cl)c4)ccc3C(=O)O)ccc2c1.O=C(O)C(F)(F)F. The molecule has 0 spiro atoms. The van der Waals surface area contributed by atoms with Gasteiger partial charge in [0.1, 0.15) is 22.9 Å². The van der Waals surface area contributed by atoms with Gasteiger partial charge in [0.05, 0.1) is 20.6 Å². The van der Waals surface area contributed by atoms with Crippen molar-refractivity contribution < 1.29 is 46.1 Å². The van der Waals surface area contributed by atoms with E-state index < -0.39 is 28.1 Å². The molecule has 0 aromatic heterocycles. The molecule has 6 N–H and O–H groups in total. The number of hydrogen-bond acceptors (Lipinski definition) is 6. The predicted molar refractivity (Wildman–Crippen MR) is 149 cm³/mol. The van der Waals surface area contributed by atoms with Crippen molar-refractivity contribution in [3.8, 4) is 11.5 Å². The third-order valence-corrected chi connectivity index (χ3v) is 7.38. The highest BCUT2D eigenvalue weighted by molar-refractivity contribution is 7.92. The van der Waals surface area contributed by atoms with E-state index in [9.17, 15) is 31.5 Å². The summed E-state index contributed by atoms with van der Waals surface area (Å²) in [6, 6.07) is 18.0. The summed E-state index contributed by atoms with van der Waals surface area (Å²) in [4.78, 5) is 20.5. The average Bonchev–Trinajstić information content (AvgIpc) is 2.89. The number of amidine groups is 1. The number of hydrogen-bond donors (Lipinski definition) is 5. The molecule has 0 aliphatic carbocycles. The fourth-order valence-corrected chi connectivity index (χ4v) is 4.72. The Morgan fingerprint density at radius 2 is 1.50 bits per heavy atom. The molecule has 0 unspecified atom stereocenters. The zero-order chi connectivity index (χ0) is 31.4. The molecule has 4 aromatic rings. The van der Waals surface area contributed by atoms with Crippen LogP contribution in [0.4, 0.5) is 18.9 Å². The van der Waals surface area contributed by atoms with E-state index in [1.807, 2.05) is 0 Å². The second-order valence-corrected chi connectivity index (χ2v) is 10.7. The number of benzene rings is 4. The molecule has 0 saturated carbocycles. The van der Waals surface area contributed by atoms with Crippen LogP contribution < -0.4 is 15.2 Å². The number of rotatable bonds is 7. The lowest BCUT2D eigenvalue weighted by atomic mass is 10.1. The topological polar surface area (TPSA) is 180 Å². The van der Waals surface area contributed by atoms with Gasteiger partial charge in [-0.25, -0.2) is 18.0 Å². The molecule has 0 bridgehead atoms. The summed E-state index contributed by atoms with van der Waals surface area (Å²) in [5.74, 6) is -3.79. The third-order valence-electron chi connectivity index (χ3n) is 5.26. The highest BCUT2D eigenvalue weighted by Crippen LogP contribution is 2.32. The van der Waals surface area contributed by atoms with E-state index in [-0.39, 0.29) is 37.8 Å². The number of nitrogens with two attached hydrogens (primary N) is 1. The minimum atomic E-state index is -5.08. The first-order chi connectivity index (χ1) is 19.5. The minimum Gasteiger partial charge on any atom is -0.478 e. The summed E-state index contributed by atoms with van der Waals surface area (Å²) in [6.45, 7) is 0. The van der Waals surface area contributed by atoms with Gasteiger partial charge in [-0.05, 0) is 59.3 Å². The Morgan fingerprint density at radius 1 is 0.881 bits per heavy atom. The van der Waals surface area contributed by atoms with E-state index in [0.717, 1.165) is 10.8 Å². The molecule has 0 heterocycles. The number of carbonyl (C=O) groups is 2. The van der Waals surface area contributed by atoms with Crippen LogP contribution >= 0.6 is 23.2 Å². The quantitative estimate of drug-likeness (QED) is 0.114. The summed E-state index contributed by atoms with van der Waals surface area (Å²) in [5.41, 5.74) is 6.03. The normalized spacial score (nSPS) is 11.3. The maximum atomic E-state index is 12.8. The molecular formula is C26H18Cl2F3N3O7S. The van der Waals surface area contributed by atoms with Crippen LogP contribution in [-0.2, 0) is 14.8 Å². The number of alkyl halides is 3. The minimum absolute atomic E-state index is 0.0570. The Balaban J connectivity index is 0.000000616. The van der Waals surface area contributed by atoms with E-state index in [4.69, 9.17) is 49.0 Å². The molecule has 0 saturated heterocycles. The van der Waals surface area contributed by atoms with E-state index in [1.165, 1.54) is 36.4 Å². The van der Waals surface area contributed by atoms with Gasteiger partial charge in [0.15, 0.2) is 0 Å². The van der Waals surface area contributed by atoms with Crippen LogP contribution in [0.15, 0.2) is 77.7 Å². The van der Waals surface area contributed by atoms with Crippen LogP contribution in [0.2, 0.25) is 10.0 Å². The van der Waals surface area contributed by atoms with Gasteiger partial charge in [-0.2, -0.15) is 13.2 Å². The molecule has 0 radical (unpaired) electrons. The van der Waals surface area contributed by atoms with Gasteiger partial charge in [0.25, 0.3) is 10.0 Å². The zero-order valence-corrected chi connectivity index (χ0v) is 23.1. The molecular weight excluding hydrogens is 626 g/mol. The number of aromatic carboxylic acids is 1. The number of anilines is 1. The van der Waals surface area contributed by atoms with Crippen LogP contribution in [0, 0.1) is 5.41 Å². The van der Waals surface area contributed by atoms with E-state index in [0.29, 0.717) is 11.3 Å². The Morgan fingerprint density at radius 3 is 2.07 bits per heavy atom. The molecule has 0 aliphatic rings. The number of aliphatic carboxylic acids is 1. The number of carboxylic acid groups (broad SMARTS) is 2. The first kappa shape index (κ1) is 32.0. The smallest absolute Gasteiger partial charge is 0.478 e. The van der Waals surface area contributed by atoms with E-state index in [2.05, 4.69) is 4.72 Å². The number of ether oxygens (including phenoxy) is 1. The van der Waals surface area contributed by atoms with Gasteiger partial charge < -0.3 is 20.7 Å². The number of sulfonamides is 1. The first-order valence-electron chi connectivity index (χ1n) is 11.2. The van der Waals surface area contributed by atoms with Crippen molar-refractivity contribution in [2.45, 2.75) is 11.1 Å². The second kappa shape index (κ2) is 12.5. The van der Waals surface area contributed by atoms with Crippen molar-refractivity contribution in [3.63, 3.8) is 0 Å². The molecule has 0 fully saturated rings. The van der Waals surface area contributed by atoms with Crippen LogP contribution in [0.3, 0.4) is 0 Å². The van der Waals surface area contributed by atoms with Crippen molar-refractivity contribution in [2.24, 2.45) is 5.73 Å².